The number of pyridine rings is 1. The number of aliphatic carboxylic acids is 1. The number of carbonyl (C=O) groups is 3. The zero-order valence-corrected chi connectivity index (χ0v) is 41.0. The zero-order valence-electron chi connectivity index (χ0n) is 38.5. The first-order chi connectivity index (χ1) is 33.5. The molecule has 1 saturated carbocycles. The number of carbonyl (C=O) groups excluding carboxylic acids is 2. The maximum atomic E-state index is 15.6. The summed E-state index contributed by atoms with van der Waals surface area (Å²) in [6, 6.07) is 4.88. The molecule has 5 aromatic rings. The maximum Gasteiger partial charge on any atom is 0.435 e. The molecule has 1 unspecified atom stereocenters. The van der Waals surface area contributed by atoms with E-state index in [2.05, 4.69) is 32.3 Å². The third-order valence-corrected chi connectivity index (χ3v) is 15.3. The Kier molecular flexibility index (Phi) is 14.1. The molecule has 0 spiro atoms. The number of halogens is 11. The SMILES string of the molecule is CC(C)(CC(=O)O)C(=O)N(Cc1nn(CC(F)(F)F)c2c(-c3ccc(C#CC(C)(C)S(C)(=O)=O)nc3C(Cc3cc(F)cc(F)c3)NC(=O)Cn3nc(C(F)(F)F)c4c3C(F)(F)[C@@H]3C[C@H]43)ccc(Cl)c12)[SH](=O)=O. The number of thiol groups is 1. The molecule has 0 radical (unpaired) electrons. The van der Waals surface area contributed by atoms with Gasteiger partial charge in [0.1, 0.15) is 40.9 Å². The summed E-state index contributed by atoms with van der Waals surface area (Å²) in [6.45, 7) is 0.364. The molecule has 0 aliphatic heterocycles. The van der Waals surface area contributed by atoms with Gasteiger partial charge < -0.3 is 10.4 Å². The molecule has 2 aliphatic rings. The highest BCUT2D eigenvalue weighted by molar-refractivity contribution is 7.92. The van der Waals surface area contributed by atoms with Crippen LogP contribution in [0.4, 0.5) is 43.9 Å². The van der Waals surface area contributed by atoms with Crippen LogP contribution in [0.5, 0.6) is 0 Å². The van der Waals surface area contributed by atoms with Crippen molar-refractivity contribution in [1.82, 2.24) is 34.2 Å². The number of hydrogen-bond acceptors (Lipinski definition) is 10. The number of hydrogen-bond donors (Lipinski definition) is 3. The molecule has 0 saturated heterocycles. The average molecular weight is 1100 g/mol. The van der Waals surface area contributed by atoms with Gasteiger partial charge >= 0.3 is 18.3 Å². The van der Waals surface area contributed by atoms with Crippen LogP contribution in [-0.4, -0.2) is 85.8 Å². The summed E-state index contributed by atoms with van der Waals surface area (Å²) in [4.78, 5) is 43.8. The van der Waals surface area contributed by atoms with Gasteiger partial charge in [-0.2, -0.15) is 45.3 Å². The molecule has 2 amide bonds. The normalized spacial score (nSPS) is 16.9. The molecule has 15 nitrogen and oxygen atoms in total. The Hall–Kier alpha value is -6.27. The van der Waals surface area contributed by atoms with Crippen LogP contribution in [0.3, 0.4) is 0 Å². The van der Waals surface area contributed by atoms with Crippen LogP contribution in [0.2, 0.25) is 5.02 Å². The first-order valence-electron chi connectivity index (χ1n) is 21.5. The third kappa shape index (κ3) is 11.2. The summed E-state index contributed by atoms with van der Waals surface area (Å²) < 4.78 is 196. The fourth-order valence-corrected chi connectivity index (χ4v) is 9.78. The number of sulfone groups is 1. The standard InChI is InChI=1S/C45H40ClF10N7O8S2/c1-41(2,17-33(65)66)40(67)63(72(68)69)18-31-35-29(46)9-8-26(37(35)62(59-31)20-43(49,50)51)25-7-6-24(10-11-42(3,4)73(5,70)71)57-36(25)30(14-21-12-22(47)15-23(48)13-21)58-32(64)19-61-39-34(38(60-61)45(54,55)56)27-16-28(27)44(39,52)53/h6-9,12-13,15,27-28,30,72H,14,16-20H2,1-5H3,(H,58,64)(H,65,66)/t27-,28+,30?/m0/s1. The molecule has 2 aliphatic carbocycles. The van der Waals surface area contributed by atoms with E-state index in [0.29, 0.717) is 10.7 Å². The van der Waals surface area contributed by atoms with Crippen molar-refractivity contribution in [3.8, 4) is 23.0 Å². The summed E-state index contributed by atoms with van der Waals surface area (Å²) >= 11 is 6.63. The van der Waals surface area contributed by atoms with Gasteiger partial charge in [-0.3, -0.25) is 23.7 Å². The smallest absolute Gasteiger partial charge is 0.435 e. The molecule has 2 aromatic carbocycles. The quantitative estimate of drug-likeness (QED) is 0.0528. The summed E-state index contributed by atoms with van der Waals surface area (Å²) in [7, 11) is -7.85. The second kappa shape index (κ2) is 18.9. The fraction of sp³-hybridized carbons (Fsp3) is 0.422. The Morgan fingerprint density at radius 3 is 2.18 bits per heavy atom. The molecule has 0 bridgehead atoms. The van der Waals surface area contributed by atoms with Gasteiger partial charge in [-0.05, 0) is 74.4 Å². The Bertz CT molecular complexity index is 3350. The van der Waals surface area contributed by atoms with Crippen LogP contribution in [0.25, 0.3) is 22.0 Å². The van der Waals surface area contributed by atoms with E-state index in [1.54, 1.807) is 0 Å². The number of nitrogens with one attached hydrogen (secondary N) is 1. The molecule has 1 fully saturated rings. The minimum atomic E-state index is -5.23. The monoisotopic (exact) mass is 1100 g/mol. The molecule has 392 valence electrons. The summed E-state index contributed by atoms with van der Waals surface area (Å²) in [5.74, 6) is -7.87. The number of amides is 2. The van der Waals surface area contributed by atoms with E-state index in [0.717, 1.165) is 50.4 Å². The van der Waals surface area contributed by atoms with Crippen LogP contribution >= 0.6 is 11.6 Å². The summed E-state index contributed by atoms with van der Waals surface area (Å²) in [5, 5.41) is 18.4. The second-order valence-corrected chi connectivity index (χ2v) is 22.6. The van der Waals surface area contributed by atoms with E-state index in [1.807, 2.05) is 0 Å². The largest absolute Gasteiger partial charge is 0.481 e. The predicted molar refractivity (Wildman–Crippen MR) is 240 cm³/mol. The number of alkyl halides is 8. The van der Waals surface area contributed by atoms with Crippen molar-refractivity contribution in [2.75, 3.05) is 6.26 Å². The van der Waals surface area contributed by atoms with E-state index in [1.165, 1.54) is 19.9 Å². The minimum Gasteiger partial charge on any atom is -0.481 e. The van der Waals surface area contributed by atoms with Crippen molar-refractivity contribution in [2.24, 2.45) is 11.3 Å². The number of aromatic nitrogens is 5. The highest BCUT2D eigenvalue weighted by Crippen LogP contribution is 2.68. The van der Waals surface area contributed by atoms with Gasteiger partial charge in [0.25, 0.3) is 5.92 Å². The minimum absolute atomic E-state index is 0.161. The lowest BCUT2D eigenvalue weighted by Gasteiger charge is -2.26. The van der Waals surface area contributed by atoms with Crippen LogP contribution in [0.1, 0.15) is 92.1 Å². The van der Waals surface area contributed by atoms with Crippen LogP contribution in [0, 0.1) is 34.8 Å². The van der Waals surface area contributed by atoms with Crippen molar-refractivity contribution in [2.45, 2.75) is 102 Å². The van der Waals surface area contributed by atoms with E-state index in [9.17, 15) is 71.4 Å². The predicted octanol–water partition coefficient (Wildman–Crippen LogP) is 7.65. The topological polar surface area (TPSA) is 204 Å². The Morgan fingerprint density at radius 1 is 0.973 bits per heavy atom. The molecule has 73 heavy (non-hydrogen) atoms. The lowest BCUT2D eigenvalue weighted by molar-refractivity contribution is -0.146. The molecule has 28 heteroatoms. The molecule has 3 heterocycles. The van der Waals surface area contributed by atoms with Gasteiger partial charge in [0.05, 0.1) is 46.3 Å². The van der Waals surface area contributed by atoms with Crippen molar-refractivity contribution in [1.29, 1.82) is 0 Å². The Morgan fingerprint density at radius 2 is 1.60 bits per heavy atom. The number of nitrogens with zero attached hydrogens (tertiary/aromatic N) is 6. The van der Waals surface area contributed by atoms with E-state index >= 15 is 8.78 Å². The third-order valence-electron chi connectivity index (χ3n) is 12.3. The van der Waals surface area contributed by atoms with Crippen LogP contribution < -0.4 is 5.32 Å². The number of rotatable bonds is 15. The van der Waals surface area contributed by atoms with Crippen LogP contribution in [0.15, 0.2) is 42.5 Å². The van der Waals surface area contributed by atoms with Crippen molar-refractivity contribution in [3.63, 3.8) is 0 Å². The van der Waals surface area contributed by atoms with Crippen molar-refractivity contribution < 1.29 is 80.2 Å². The van der Waals surface area contributed by atoms with Crippen LogP contribution in [-0.2, 0) is 73.3 Å². The molecule has 7 rings (SSSR count). The number of carboxylic acid groups (broad SMARTS) is 1. The first-order valence-corrected chi connectivity index (χ1v) is 24.9. The molecular weight excluding hydrogens is 1060 g/mol. The van der Waals surface area contributed by atoms with Gasteiger partial charge in [0.15, 0.2) is 15.5 Å². The molecule has 2 N–H and O–H groups in total. The lowest BCUT2D eigenvalue weighted by atomic mass is 9.88. The highest BCUT2D eigenvalue weighted by atomic mass is 35.5. The fourth-order valence-electron chi connectivity index (χ4n) is 8.61. The number of benzene rings is 2. The Labute approximate surface area is 414 Å². The van der Waals surface area contributed by atoms with Gasteiger partial charge in [-0.15, -0.1) is 0 Å². The second-order valence-electron chi connectivity index (χ2n) is 18.7. The first kappa shape index (κ1) is 54.5. The Balaban J connectivity index is 1.46. The van der Waals surface area contributed by atoms with Crippen molar-refractivity contribution in [3.05, 3.63) is 98.7 Å². The molecule has 3 aromatic heterocycles. The van der Waals surface area contributed by atoms with Gasteiger partial charge in [-0.25, -0.2) is 34.9 Å². The van der Waals surface area contributed by atoms with Gasteiger partial charge in [0, 0.05) is 40.3 Å². The molecular formula is C45H40ClF10N7O8S2. The lowest BCUT2D eigenvalue weighted by Crippen LogP contribution is -2.41. The highest BCUT2D eigenvalue weighted by Gasteiger charge is 2.68. The molecule has 3 atom stereocenters. The van der Waals surface area contributed by atoms with Crippen molar-refractivity contribution >= 4 is 61.0 Å². The average Bonchev–Trinajstić information content (AvgIpc) is 3.75. The van der Waals surface area contributed by atoms with E-state index in [-0.39, 0.29) is 42.8 Å². The maximum absolute atomic E-state index is 15.6. The summed E-state index contributed by atoms with van der Waals surface area (Å²) in [6.07, 6.45) is -11.3. The van der Waals surface area contributed by atoms with E-state index in [4.69, 9.17) is 11.6 Å². The van der Waals surface area contributed by atoms with Gasteiger partial charge in [-0.1, -0.05) is 37.4 Å². The number of carboxylic acids is 1. The number of fused-ring (bicyclic) bond motifs is 4. The van der Waals surface area contributed by atoms with E-state index < -0.39 is 168 Å². The van der Waals surface area contributed by atoms with Gasteiger partial charge in [0.2, 0.25) is 22.7 Å². The zero-order chi connectivity index (χ0) is 54.3. The summed E-state index contributed by atoms with van der Waals surface area (Å²) in [5.41, 5.74) is -8.15.